The molecule has 11 heteroatoms. The zero-order chi connectivity index (χ0) is 29.9. The third kappa shape index (κ3) is 6.77. The van der Waals surface area contributed by atoms with Gasteiger partial charge in [-0.05, 0) is 96.5 Å². The molecule has 1 aromatic carbocycles. The number of hydrogen-bond donors (Lipinski definition) is 2. The van der Waals surface area contributed by atoms with E-state index in [-0.39, 0.29) is 34.7 Å². The molecule has 0 bridgehead atoms. The summed E-state index contributed by atoms with van der Waals surface area (Å²) in [6.45, 7) is 11.3. The van der Waals surface area contributed by atoms with Gasteiger partial charge >= 0.3 is 6.09 Å². The van der Waals surface area contributed by atoms with Crippen molar-refractivity contribution in [3.05, 3.63) is 42.1 Å². The number of nitrogens with zero attached hydrogens (tertiary/aromatic N) is 5. The molecule has 2 N–H and O–H groups in total. The number of anilines is 1. The van der Waals surface area contributed by atoms with Gasteiger partial charge in [-0.1, -0.05) is 0 Å². The lowest BCUT2D eigenvalue weighted by molar-refractivity contribution is 0.0614. The van der Waals surface area contributed by atoms with Crippen LogP contribution in [0, 0.1) is 17.2 Å². The van der Waals surface area contributed by atoms with Crippen molar-refractivity contribution in [2.45, 2.75) is 71.4 Å². The first-order valence-electron chi connectivity index (χ1n) is 15.2. The highest BCUT2D eigenvalue weighted by molar-refractivity contribution is 5.97. The Balaban J connectivity index is 1.18. The minimum atomic E-state index is -0.921. The van der Waals surface area contributed by atoms with Gasteiger partial charge in [0.1, 0.15) is 17.9 Å². The number of halogens is 1. The molecule has 0 unspecified atom stereocenters. The molecule has 2 saturated heterocycles. The Labute approximate surface area is 247 Å². The van der Waals surface area contributed by atoms with E-state index in [1.54, 1.807) is 11.1 Å². The van der Waals surface area contributed by atoms with Gasteiger partial charge < -0.3 is 29.9 Å². The van der Waals surface area contributed by atoms with Crippen molar-refractivity contribution in [2.75, 3.05) is 44.2 Å². The fraction of sp³-hybridized carbons (Fsp3) is 0.613. The van der Waals surface area contributed by atoms with Crippen molar-refractivity contribution < 1.29 is 23.8 Å². The summed E-state index contributed by atoms with van der Waals surface area (Å²) >= 11 is 0. The van der Waals surface area contributed by atoms with Crippen LogP contribution in [0.1, 0.15) is 69.7 Å². The summed E-state index contributed by atoms with van der Waals surface area (Å²) in [4.78, 5) is 39.4. The van der Waals surface area contributed by atoms with Crippen LogP contribution in [0.3, 0.4) is 0 Å². The van der Waals surface area contributed by atoms with Gasteiger partial charge in [0.15, 0.2) is 11.6 Å². The Bertz CT molecular complexity index is 1250. The van der Waals surface area contributed by atoms with E-state index in [1.807, 2.05) is 20.8 Å². The lowest BCUT2D eigenvalue weighted by Crippen LogP contribution is -2.61. The molecule has 2 aliphatic heterocycles. The van der Waals surface area contributed by atoms with Gasteiger partial charge in [0.2, 0.25) is 0 Å². The highest BCUT2D eigenvalue weighted by atomic mass is 19.1. The van der Waals surface area contributed by atoms with Gasteiger partial charge in [-0.2, -0.15) is 0 Å². The molecule has 42 heavy (non-hydrogen) atoms. The van der Waals surface area contributed by atoms with Crippen molar-refractivity contribution >= 4 is 17.8 Å². The van der Waals surface area contributed by atoms with Crippen molar-refractivity contribution in [2.24, 2.45) is 11.3 Å². The number of ether oxygens (including phenoxy) is 1. The SMILES string of the molecule is CCN(C(=O)c1cc(F)ccc1Oc1cncnc1N1CC2(CCN(CC3CCC(NC(=O)O)CC3)CC2)C1)C(C)C. The number of amides is 2. The standard InChI is InChI=1S/C31H43FN6O4/c1-4-38(21(2)3)29(39)25-15-23(32)7-10-26(25)42-27-16-33-20-34-28(27)37-18-31(19-37)11-13-36(14-12-31)17-22-5-8-24(9-6-22)35-30(40)41/h7,10,15-16,20-22,24,35H,4-6,8-9,11-14,17-19H2,1-3H3,(H,40,41). The summed E-state index contributed by atoms with van der Waals surface area (Å²) in [6, 6.07) is 4.09. The van der Waals surface area contributed by atoms with Crippen LogP contribution in [-0.2, 0) is 0 Å². The number of nitrogens with one attached hydrogen (secondary N) is 1. The Hall–Kier alpha value is -3.47. The molecule has 2 aromatic rings. The Morgan fingerprint density at radius 2 is 1.88 bits per heavy atom. The largest absolute Gasteiger partial charge is 0.465 e. The number of carboxylic acid groups (broad SMARTS) is 1. The van der Waals surface area contributed by atoms with Crippen LogP contribution in [0.2, 0.25) is 0 Å². The van der Waals surface area contributed by atoms with Crippen LogP contribution in [-0.4, -0.2) is 88.2 Å². The summed E-state index contributed by atoms with van der Waals surface area (Å²) in [7, 11) is 0. The maximum atomic E-state index is 14.2. The van der Waals surface area contributed by atoms with Crippen molar-refractivity contribution in [3.63, 3.8) is 0 Å². The zero-order valence-electron chi connectivity index (χ0n) is 24.9. The molecule has 2 amide bonds. The molecule has 3 aliphatic rings. The predicted octanol–water partition coefficient (Wildman–Crippen LogP) is 5.01. The van der Waals surface area contributed by atoms with Gasteiger partial charge in [0.25, 0.3) is 5.91 Å². The number of rotatable bonds is 9. The van der Waals surface area contributed by atoms with E-state index in [0.717, 1.165) is 71.2 Å². The van der Waals surface area contributed by atoms with Crippen LogP contribution in [0.4, 0.5) is 15.0 Å². The van der Waals surface area contributed by atoms with Crippen molar-refractivity contribution in [1.29, 1.82) is 0 Å². The fourth-order valence-electron chi connectivity index (χ4n) is 6.86. The van der Waals surface area contributed by atoms with E-state index in [9.17, 15) is 14.0 Å². The Morgan fingerprint density at radius 3 is 2.52 bits per heavy atom. The second-order valence-electron chi connectivity index (χ2n) is 12.5. The van der Waals surface area contributed by atoms with Gasteiger partial charge in [-0.3, -0.25) is 4.79 Å². The maximum absolute atomic E-state index is 14.2. The van der Waals surface area contributed by atoms with Crippen LogP contribution in [0.5, 0.6) is 11.5 Å². The summed E-state index contributed by atoms with van der Waals surface area (Å²) < 4.78 is 20.4. The number of piperidine rings is 1. The van der Waals surface area contributed by atoms with Crippen LogP contribution in [0.15, 0.2) is 30.7 Å². The minimum absolute atomic E-state index is 0.0333. The van der Waals surface area contributed by atoms with Gasteiger partial charge in [-0.15, -0.1) is 0 Å². The summed E-state index contributed by atoms with van der Waals surface area (Å²) in [5.41, 5.74) is 0.428. The summed E-state index contributed by atoms with van der Waals surface area (Å²) in [6.07, 6.45) is 8.44. The van der Waals surface area contributed by atoms with E-state index < -0.39 is 11.9 Å². The number of carbonyl (C=O) groups excluding carboxylic acids is 1. The predicted molar refractivity (Wildman–Crippen MR) is 158 cm³/mol. The molecule has 1 aliphatic carbocycles. The van der Waals surface area contributed by atoms with Gasteiger partial charge in [-0.25, -0.2) is 19.2 Å². The van der Waals surface area contributed by atoms with Gasteiger partial charge in [0.05, 0.1) is 11.8 Å². The normalized spacial score (nSPS) is 22.1. The topological polar surface area (TPSA) is 111 Å². The highest BCUT2D eigenvalue weighted by Crippen LogP contribution is 2.45. The molecule has 1 aromatic heterocycles. The first kappa shape index (κ1) is 30.0. The average Bonchev–Trinajstić information content (AvgIpc) is 2.94. The number of likely N-dealkylation sites (tertiary alicyclic amines) is 1. The second kappa shape index (κ2) is 12.8. The van der Waals surface area contributed by atoms with E-state index in [1.165, 1.54) is 24.5 Å². The molecule has 0 atom stereocenters. The molecule has 5 rings (SSSR count). The van der Waals surface area contributed by atoms with Crippen LogP contribution < -0.4 is 15.0 Å². The first-order chi connectivity index (χ1) is 20.2. The Kier molecular flexibility index (Phi) is 9.15. The first-order valence-corrected chi connectivity index (χ1v) is 15.2. The number of aromatic nitrogens is 2. The minimum Gasteiger partial charge on any atom is -0.465 e. The molecule has 0 radical (unpaired) electrons. The van der Waals surface area contributed by atoms with E-state index >= 15 is 0 Å². The monoisotopic (exact) mass is 582 g/mol. The second-order valence-corrected chi connectivity index (χ2v) is 12.5. The average molecular weight is 583 g/mol. The summed E-state index contributed by atoms with van der Waals surface area (Å²) in [5.74, 6) is 1.29. The van der Waals surface area contributed by atoms with E-state index in [2.05, 4.69) is 25.1 Å². The number of hydrogen-bond acceptors (Lipinski definition) is 7. The zero-order valence-corrected chi connectivity index (χ0v) is 24.9. The molecule has 1 spiro atoms. The molecule has 3 heterocycles. The molecular weight excluding hydrogens is 539 g/mol. The maximum Gasteiger partial charge on any atom is 0.404 e. The van der Waals surface area contributed by atoms with Crippen LogP contribution in [0.25, 0.3) is 0 Å². The quantitative estimate of drug-likeness (QED) is 0.425. The van der Waals surface area contributed by atoms with Crippen LogP contribution >= 0.6 is 0 Å². The molecule has 228 valence electrons. The fourth-order valence-corrected chi connectivity index (χ4v) is 6.86. The highest BCUT2D eigenvalue weighted by Gasteiger charge is 2.46. The molecule has 1 saturated carbocycles. The lowest BCUT2D eigenvalue weighted by Gasteiger charge is -2.54. The van der Waals surface area contributed by atoms with E-state index in [0.29, 0.717) is 24.0 Å². The van der Waals surface area contributed by atoms with Crippen molar-refractivity contribution in [1.82, 2.24) is 25.1 Å². The molecule has 3 fully saturated rings. The number of carbonyl (C=O) groups is 2. The lowest BCUT2D eigenvalue weighted by atomic mass is 9.71. The van der Waals surface area contributed by atoms with Gasteiger partial charge in [0, 0.05) is 43.7 Å². The molecular formula is C31H43FN6O4. The third-order valence-corrected chi connectivity index (χ3v) is 9.24. The number of benzene rings is 1. The third-order valence-electron chi connectivity index (χ3n) is 9.24. The molecule has 10 nitrogen and oxygen atoms in total. The summed E-state index contributed by atoms with van der Waals surface area (Å²) in [5, 5.41) is 11.6. The van der Waals surface area contributed by atoms with E-state index in [4.69, 9.17) is 9.84 Å². The van der Waals surface area contributed by atoms with Crippen molar-refractivity contribution in [3.8, 4) is 11.5 Å². The smallest absolute Gasteiger partial charge is 0.404 e. The Morgan fingerprint density at radius 1 is 1.17 bits per heavy atom.